The molecule has 2 aliphatic rings. The molecule has 0 aromatic rings. The maximum Gasteiger partial charge on any atom is 0.221 e. The number of piperidine rings is 1. The zero-order valence-electron chi connectivity index (χ0n) is 11.0. The fourth-order valence-electron chi connectivity index (χ4n) is 3.02. The van der Waals surface area contributed by atoms with Gasteiger partial charge in [0.1, 0.15) is 0 Å². The first-order valence-corrected chi connectivity index (χ1v) is 6.86. The average molecular weight is 239 g/mol. The standard InChI is InChI=1S/C13H25N3O/c1-10-9-16(2)7-5-12(10)15-11-4-3-6-14-13(17)8-11/h10-12,15H,3-9H2,1-2H3,(H,14,17). The molecule has 4 nitrogen and oxygen atoms in total. The van der Waals surface area contributed by atoms with Gasteiger partial charge in [-0.2, -0.15) is 0 Å². The number of carbonyl (C=O) groups excluding carboxylic acids is 1. The zero-order chi connectivity index (χ0) is 12.3. The quantitative estimate of drug-likeness (QED) is 0.741. The van der Waals surface area contributed by atoms with Crippen molar-refractivity contribution < 1.29 is 4.79 Å². The first-order chi connectivity index (χ1) is 8.15. The molecule has 2 rings (SSSR count). The van der Waals surface area contributed by atoms with Gasteiger partial charge in [-0.25, -0.2) is 0 Å². The lowest BCUT2D eigenvalue weighted by Crippen LogP contribution is -2.50. The summed E-state index contributed by atoms with van der Waals surface area (Å²) in [6.45, 7) is 5.49. The summed E-state index contributed by atoms with van der Waals surface area (Å²) in [7, 11) is 2.19. The highest BCUT2D eigenvalue weighted by molar-refractivity contribution is 5.76. The average Bonchev–Trinajstić information content (AvgIpc) is 2.47. The molecule has 2 heterocycles. The molecule has 0 bridgehead atoms. The van der Waals surface area contributed by atoms with Crippen LogP contribution < -0.4 is 10.6 Å². The van der Waals surface area contributed by atoms with Crippen LogP contribution in [-0.4, -0.2) is 49.6 Å². The molecule has 2 aliphatic heterocycles. The van der Waals surface area contributed by atoms with Gasteiger partial charge < -0.3 is 15.5 Å². The topological polar surface area (TPSA) is 44.4 Å². The SMILES string of the molecule is CC1CN(C)CCC1NC1CCCNC(=O)C1. The van der Waals surface area contributed by atoms with Crippen LogP contribution in [0.1, 0.15) is 32.6 Å². The number of hydrogen-bond donors (Lipinski definition) is 2. The Hall–Kier alpha value is -0.610. The number of amides is 1. The smallest absolute Gasteiger partial charge is 0.221 e. The largest absolute Gasteiger partial charge is 0.356 e. The van der Waals surface area contributed by atoms with Crippen LogP contribution in [0.5, 0.6) is 0 Å². The summed E-state index contributed by atoms with van der Waals surface area (Å²) in [6.07, 6.45) is 4.08. The molecule has 0 aromatic carbocycles. The molecule has 3 atom stereocenters. The molecule has 0 radical (unpaired) electrons. The van der Waals surface area contributed by atoms with E-state index in [1.54, 1.807) is 0 Å². The molecule has 1 amide bonds. The van der Waals surface area contributed by atoms with Crippen molar-refractivity contribution in [1.82, 2.24) is 15.5 Å². The summed E-state index contributed by atoms with van der Waals surface area (Å²) in [5.41, 5.74) is 0. The number of hydrogen-bond acceptors (Lipinski definition) is 3. The van der Waals surface area contributed by atoms with Crippen LogP contribution in [0.4, 0.5) is 0 Å². The number of carbonyl (C=O) groups is 1. The maximum absolute atomic E-state index is 11.5. The predicted octanol–water partition coefficient (Wildman–Crippen LogP) is 0.585. The minimum absolute atomic E-state index is 0.209. The van der Waals surface area contributed by atoms with Crippen LogP contribution in [0.2, 0.25) is 0 Å². The summed E-state index contributed by atoms with van der Waals surface area (Å²) >= 11 is 0. The Balaban J connectivity index is 1.84. The third-order valence-corrected chi connectivity index (χ3v) is 4.04. The van der Waals surface area contributed by atoms with Crippen molar-refractivity contribution in [2.75, 3.05) is 26.7 Å². The van der Waals surface area contributed by atoms with E-state index in [9.17, 15) is 4.79 Å². The molecule has 2 saturated heterocycles. The first kappa shape index (κ1) is 12.8. The minimum Gasteiger partial charge on any atom is -0.356 e. The molecular weight excluding hydrogens is 214 g/mol. The van der Waals surface area contributed by atoms with E-state index < -0.39 is 0 Å². The third kappa shape index (κ3) is 3.68. The third-order valence-electron chi connectivity index (χ3n) is 4.04. The number of likely N-dealkylation sites (tertiary alicyclic amines) is 1. The van der Waals surface area contributed by atoms with Gasteiger partial charge in [-0.05, 0) is 38.8 Å². The van der Waals surface area contributed by atoms with Crippen molar-refractivity contribution in [1.29, 1.82) is 0 Å². The predicted molar refractivity (Wildman–Crippen MR) is 68.9 cm³/mol. The molecule has 4 heteroatoms. The first-order valence-electron chi connectivity index (χ1n) is 6.86. The van der Waals surface area contributed by atoms with Crippen LogP contribution in [0, 0.1) is 5.92 Å². The highest BCUT2D eigenvalue weighted by Crippen LogP contribution is 2.18. The van der Waals surface area contributed by atoms with E-state index in [1.807, 2.05) is 0 Å². The normalized spacial score (nSPS) is 36.4. The number of nitrogens with one attached hydrogen (secondary N) is 2. The Kier molecular flexibility index (Phi) is 4.40. The summed E-state index contributed by atoms with van der Waals surface area (Å²) < 4.78 is 0. The Morgan fingerprint density at radius 1 is 1.41 bits per heavy atom. The van der Waals surface area contributed by atoms with E-state index in [0.717, 1.165) is 25.9 Å². The van der Waals surface area contributed by atoms with E-state index in [-0.39, 0.29) is 5.91 Å². The van der Waals surface area contributed by atoms with Crippen molar-refractivity contribution in [2.24, 2.45) is 5.92 Å². The molecule has 2 N–H and O–H groups in total. The lowest BCUT2D eigenvalue weighted by Gasteiger charge is -2.37. The summed E-state index contributed by atoms with van der Waals surface area (Å²) in [5, 5.41) is 6.65. The van der Waals surface area contributed by atoms with Crippen LogP contribution in [0.25, 0.3) is 0 Å². The Morgan fingerprint density at radius 2 is 2.24 bits per heavy atom. The fourth-order valence-corrected chi connectivity index (χ4v) is 3.02. The lowest BCUT2D eigenvalue weighted by molar-refractivity contribution is -0.121. The van der Waals surface area contributed by atoms with Gasteiger partial charge in [0.25, 0.3) is 0 Å². The van der Waals surface area contributed by atoms with E-state index in [1.165, 1.54) is 13.0 Å². The summed E-state index contributed by atoms with van der Waals surface area (Å²) in [6, 6.07) is 0.968. The van der Waals surface area contributed by atoms with Gasteiger partial charge in [0, 0.05) is 31.6 Å². The second-order valence-electron chi connectivity index (χ2n) is 5.69. The Morgan fingerprint density at radius 3 is 3.00 bits per heavy atom. The summed E-state index contributed by atoms with van der Waals surface area (Å²) in [4.78, 5) is 13.9. The highest BCUT2D eigenvalue weighted by atomic mass is 16.1. The zero-order valence-corrected chi connectivity index (χ0v) is 11.0. The van der Waals surface area contributed by atoms with E-state index >= 15 is 0 Å². The van der Waals surface area contributed by atoms with E-state index in [2.05, 4.69) is 29.5 Å². The fraction of sp³-hybridized carbons (Fsp3) is 0.923. The molecule has 0 saturated carbocycles. The molecular formula is C13H25N3O. The monoisotopic (exact) mass is 239 g/mol. The van der Waals surface area contributed by atoms with Crippen LogP contribution in [0.3, 0.4) is 0 Å². The number of rotatable bonds is 2. The molecule has 0 aromatic heterocycles. The van der Waals surface area contributed by atoms with E-state index in [4.69, 9.17) is 0 Å². The van der Waals surface area contributed by atoms with Gasteiger partial charge in [0.05, 0.1) is 0 Å². The summed E-state index contributed by atoms with van der Waals surface area (Å²) in [5.74, 6) is 0.889. The molecule has 3 unspecified atom stereocenters. The van der Waals surface area contributed by atoms with Crippen molar-refractivity contribution in [3.05, 3.63) is 0 Å². The van der Waals surface area contributed by atoms with Gasteiger partial charge in [0.2, 0.25) is 5.91 Å². The molecule has 0 aliphatic carbocycles. The van der Waals surface area contributed by atoms with Crippen LogP contribution in [-0.2, 0) is 4.79 Å². The molecule has 17 heavy (non-hydrogen) atoms. The molecule has 2 fully saturated rings. The van der Waals surface area contributed by atoms with Gasteiger partial charge in [-0.15, -0.1) is 0 Å². The lowest BCUT2D eigenvalue weighted by atomic mass is 9.92. The Bertz CT molecular complexity index is 269. The maximum atomic E-state index is 11.5. The van der Waals surface area contributed by atoms with Gasteiger partial charge in [0.15, 0.2) is 0 Å². The molecule has 0 spiro atoms. The highest BCUT2D eigenvalue weighted by Gasteiger charge is 2.27. The Labute approximate surface area is 104 Å². The van der Waals surface area contributed by atoms with Crippen LogP contribution >= 0.6 is 0 Å². The van der Waals surface area contributed by atoms with Gasteiger partial charge >= 0.3 is 0 Å². The van der Waals surface area contributed by atoms with Crippen LogP contribution in [0.15, 0.2) is 0 Å². The van der Waals surface area contributed by atoms with E-state index in [0.29, 0.717) is 24.4 Å². The van der Waals surface area contributed by atoms with Gasteiger partial charge in [-0.1, -0.05) is 6.92 Å². The molecule has 98 valence electrons. The van der Waals surface area contributed by atoms with Crippen molar-refractivity contribution in [3.8, 4) is 0 Å². The second kappa shape index (κ2) is 5.83. The van der Waals surface area contributed by atoms with Crippen molar-refractivity contribution >= 4 is 5.91 Å². The minimum atomic E-state index is 0.209. The van der Waals surface area contributed by atoms with Crippen molar-refractivity contribution in [3.63, 3.8) is 0 Å². The van der Waals surface area contributed by atoms with Gasteiger partial charge in [-0.3, -0.25) is 4.79 Å². The van der Waals surface area contributed by atoms with Crippen molar-refractivity contribution in [2.45, 2.75) is 44.7 Å². The second-order valence-corrected chi connectivity index (χ2v) is 5.69. The number of nitrogens with zero attached hydrogens (tertiary/aromatic N) is 1.